The van der Waals surface area contributed by atoms with E-state index in [-0.39, 0.29) is 4.75 Å². The highest BCUT2D eigenvalue weighted by Crippen LogP contribution is 2.43. The number of nitrogens with zero attached hydrogens (tertiary/aromatic N) is 2. The molecule has 1 aromatic rings. The van der Waals surface area contributed by atoms with Crippen LogP contribution in [0.25, 0.3) is 0 Å². The van der Waals surface area contributed by atoms with E-state index in [1.807, 2.05) is 11.8 Å². The van der Waals surface area contributed by atoms with E-state index < -0.39 is 0 Å². The molecule has 0 atom stereocenters. The van der Waals surface area contributed by atoms with Crippen LogP contribution in [0.2, 0.25) is 0 Å². The number of anilines is 1. The Labute approximate surface area is 153 Å². The maximum atomic E-state index is 9.84. The largest absolute Gasteiger partial charge is 0.373 e. The van der Waals surface area contributed by atoms with Crippen LogP contribution < -0.4 is 9.88 Å². The predicted molar refractivity (Wildman–Crippen MR) is 101 cm³/mol. The van der Waals surface area contributed by atoms with Gasteiger partial charge >= 0.3 is 0 Å². The maximum Gasteiger partial charge on any atom is 0.279 e. The fourth-order valence-corrected chi connectivity index (χ4v) is 5.28. The molecule has 24 heavy (non-hydrogen) atoms. The van der Waals surface area contributed by atoms with Crippen LogP contribution in [0, 0.1) is 11.3 Å². The molecular formula is C18H26N3OS2+. The van der Waals surface area contributed by atoms with Crippen molar-refractivity contribution in [2.75, 3.05) is 31.2 Å². The second-order valence-corrected chi connectivity index (χ2v) is 10.5. The Balaban J connectivity index is 2.13. The van der Waals surface area contributed by atoms with Gasteiger partial charge in [-0.3, -0.25) is 4.90 Å². The second kappa shape index (κ2) is 7.15. The van der Waals surface area contributed by atoms with Gasteiger partial charge < -0.3 is 4.74 Å². The Morgan fingerprint density at radius 3 is 2.62 bits per heavy atom. The number of thioether (sulfide) groups is 2. The van der Waals surface area contributed by atoms with Crippen LogP contribution in [0.3, 0.4) is 0 Å². The lowest BCUT2D eigenvalue weighted by molar-refractivity contribution is -0.414. The molecule has 1 aromatic heterocycles. The first-order valence-electron chi connectivity index (χ1n) is 8.56. The first kappa shape index (κ1) is 17.9. The van der Waals surface area contributed by atoms with E-state index in [1.54, 1.807) is 11.8 Å². The van der Waals surface area contributed by atoms with Crippen molar-refractivity contribution in [1.82, 2.24) is 0 Å². The van der Waals surface area contributed by atoms with Crippen LogP contribution >= 0.6 is 23.5 Å². The molecule has 1 saturated heterocycles. The third kappa shape index (κ3) is 3.68. The molecule has 6 heteroatoms. The van der Waals surface area contributed by atoms with E-state index >= 15 is 0 Å². The minimum Gasteiger partial charge on any atom is -0.373 e. The monoisotopic (exact) mass is 364 g/mol. The first-order valence-corrected chi connectivity index (χ1v) is 10.4. The van der Waals surface area contributed by atoms with Crippen LogP contribution in [-0.4, -0.2) is 36.3 Å². The third-order valence-electron chi connectivity index (χ3n) is 4.41. The van der Waals surface area contributed by atoms with Crippen molar-refractivity contribution < 1.29 is 9.72 Å². The lowest BCUT2D eigenvalue weighted by Crippen LogP contribution is -2.42. The van der Waals surface area contributed by atoms with Gasteiger partial charge in [-0.2, -0.15) is 17.0 Å². The SMILES string of the molecule is CC(C)Sc1[nH+]c(N2CCOCC2)c2c(c1C#N)CC(C)(C)SC2. The number of aromatic amines is 1. The lowest BCUT2D eigenvalue weighted by atomic mass is 9.94. The summed E-state index contributed by atoms with van der Waals surface area (Å²) in [5.41, 5.74) is 3.43. The molecule has 0 aliphatic carbocycles. The molecule has 0 radical (unpaired) electrons. The van der Waals surface area contributed by atoms with Gasteiger partial charge in [0.05, 0.1) is 18.8 Å². The Morgan fingerprint density at radius 2 is 2.00 bits per heavy atom. The van der Waals surface area contributed by atoms with Gasteiger partial charge in [0.15, 0.2) is 5.03 Å². The molecule has 0 amide bonds. The van der Waals surface area contributed by atoms with E-state index in [9.17, 15) is 5.26 Å². The van der Waals surface area contributed by atoms with Crippen molar-refractivity contribution in [3.05, 3.63) is 16.7 Å². The van der Waals surface area contributed by atoms with Crippen LogP contribution in [0.5, 0.6) is 0 Å². The topological polar surface area (TPSA) is 50.4 Å². The maximum absolute atomic E-state index is 9.84. The number of nitriles is 1. The van der Waals surface area contributed by atoms with E-state index in [0.29, 0.717) is 5.25 Å². The third-order valence-corrected chi connectivity index (χ3v) is 6.79. The summed E-state index contributed by atoms with van der Waals surface area (Å²) in [5.74, 6) is 2.17. The molecule has 0 unspecified atom stereocenters. The van der Waals surface area contributed by atoms with Crippen LogP contribution in [0.15, 0.2) is 5.03 Å². The van der Waals surface area contributed by atoms with Crippen molar-refractivity contribution in [3.8, 4) is 6.07 Å². The van der Waals surface area contributed by atoms with Crippen molar-refractivity contribution in [1.29, 1.82) is 5.26 Å². The molecule has 0 aromatic carbocycles. The molecule has 2 aliphatic heterocycles. The van der Waals surface area contributed by atoms with E-state index in [2.05, 4.69) is 43.6 Å². The highest BCUT2D eigenvalue weighted by molar-refractivity contribution is 8.00. The number of fused-ring (bicyclic) bond motifs is 1. The van der Waals surface area contributed by atoms with Crippen molar-refractivity contribution in [2.24, 2.45) is 0 Å². The summed E-state index contributed by atoms with van der Waals surface area (Å²) in [7, 11) is 0. The van der Waals surface area contributed by atoms with Gasteiger partial charge in [0.1, 0.15) is 24.7 Å². The Hall–Kier alpha value is -0.900. The summed E-state index contributed by atoms with van der Waals surface area (Å²) < 4.78 is 5.70. The zero-order valence-electron chi connectivity index (χ0n) is 14.9. The quantitative estimate of drug-likeness (QED) is 0.771. The number of rotatable bonds is 3. The molecule has 0 spiro atoms. The fraction of sp³-hybridized carbons (Fsp3) is 0.667. The van der Waals surface area contributed by atoms with E-state index in [0.717, 1.165) is 49.1 Å². The standard InChI is InChI=1S/C18H25N3OS2/c1-12(2)24-17-14(10-19)13-9-18(3,4)23-11-15(13)16(20-17)21-5-7-22-8-6-21/h12H,5-9,11H2,1-4H3/p+1. The number of hydrogen-bond donors (Lipinski definition) is 0. The van der Waals surface area contributed by atoms with Gasteiger partial charge in [-0.1, -0.05) is 39.5 Å². The fourth-order valence-electron chi connectivity index (χ4n) is 3.27. The number of nitrogens with one attached hydrogen (secondary N) is 1. The first-order chi connectivity index (χ1) is 11.4. The molecule has 0 saturated carbocycles. The Morgan fingerprint density at radius 1 is 1.29 bits per heavy atom. The number of H-pyrrole nitrogens is 1. The van der Waals surface area contributed by atoms with Crippen molar-refractivity contribution in [2.45, 2.75) is 54.9 Å². The second-order valence-electron chi connectivity index (χ2n) is 7.24. The lowest BCUT2D eigenvalue weighted by Gasteiger charge is -2.33. The summed E-state index contributed by atoms with van der Waals surface area (Å²) in [6.45, 7) is 12.3. The summed E-state index contributed by atoms with van der Waals surface area (Å²) in [6, 6.07) is 2.49. The summed E-state index contributed by atoms with van der Waals surface area (Å²) >= 11 is 3.74. The molecule has 130 valence electrons. The summed E-state index contributed by atoms with van der Waals surface area (Å²) in [6.07, 6.45) is 0.952. The summed E-state index contributed by atoms with van der Waals surface area (Å²) in [4.78, 5) is 6.01. The average Bonchev–Trinajstić information content (AvgIpc) is 2.53. The smallest absolute Gasteiger partial charge is 0.279 e. The van der Waals surface area contributed by atoms with E-state index in [4.69, 9.17) is 4.74 Å². The average molecular weight is 365 g/mol. The molecule has 1 N–H and O–H groups in total. The van der Waals surface area contributed by atoms with Crippen LogP contribution in [0.1, 0.15) is 44.4 Å². The van der Waals surface area contributed by atoms with Gasteiger partial charge in [0, 0.05) is 15.7 Å². The van der Waals surface area contributed by atoms with Gasteiger partial charge in [-0.15, -0.1) is 0 Å². The molecule has 2 aliphatic rings. The van der Waals surface area contributed by atoms with Crippen molar-refractivity contribution >= 4 is 29.3 Å². The number of morpholine rings is 1. The van der Waals surface area contributed by atoms with Crippen LogP contribution in [0.4, 0.5) is 5.82 Å². The number of ether oxygens (including phenoxy) is 1. The van der Waals surface area contributed by atoms with Crippen LogP contribution in [-0.2, 0) is 16.9 Å². The minimum atomic E-state index is 0.183. The highest BCUT2D eigenvalue weighted by Gasteiger charge is 2.36. The zero-order valence-corrected chi connectivity index (χ0v) is 16.6. The van der Waals surface area contributed by atoms with Gasteiger partial charge in [-0.25, -0.2) is 4.98 Å². The number of aromatic nitrogens is 1. The molecule has 0 bridgehead atoms. The molecule has 4 nitrogen and oxygen atoms in total. The minimum absolute atomic E-state index is 0.183. The summed E-state index contributed by atoms with van der Waals surface area (Å²) in [5, 5.41) is 11.3. The van der Waals surface area contributed by atoms with E-state index in [1.165, 1.54) is 16.9 Å². The molecular weight excluding hydrogens is 338 g/mol. The van der Waals surface area contributed by atoms with Gasteiger partial charge in [-0.05, 0) is 12.0 Å². The Bertz CT molecular complexity index is 661. The number of hydrogen-bond acceptors (Lipinski definition) is 5. The molecule has 1 fully saturated rings. The van der Waals surface area contributed by atoms with Gasteiger partial charge in [0.2, 0.25) is 0 Å². The molecule has 3 heterocycles. The van der Waals surface area contributed by atoms with Gasteiger partial charge in [0.25, 0.3) is 5.82 Å². The number of pyridine rings is 1. The highest BCUT2D eigenvalue weighted by atomic mass is 32.2. The predicted octanol–water partition coefficient (Wildman–Crippen LogP) is 3.28. The zero-order chi connectivity index (χ0) is 17.3. The van der Waals surface area contributed by atoms with Crippen molar-refractivity contribution in [3.63, 3.8) is 0 Å². The molecule has 3 rings (SSSR count). The Kier molecular flexibility index (Phi) is 5.33. The normalized spacial score (nSPS) is 19.9.